The minimum Gasteiger partial charge on any atom is -0.382 e. The van der Waals surface area contributed by atoms with Gasteiger partial charge in [0.05, 0.1) is 0 Å². The lowest BCUT2D eigenvalue weighted by Gasteiger charge is -2.33. The molecular weight excluding hydrogens is 264 g/mol. The average molecular weight is 298 g/mol. The Kier molecular flexibility index (Phi) is 10.3. The van der Waals surface area contributed by atoms with Crippen molar-refractivity contribution >= 4 is 5.96 Å². The molecule has 1 rings (SSSR count). The molecule has 2 N–H and O–H groups in total. The fourth-order valence-corrected chi connectivity index (χ4v) is 2.71. The molecule has 0 aromatic heterocycles. The van der Waals surface area contributed by atoms with Gasteiger partial charge in [-0.3, -0.25) is 9.89 Å². The van der Waals surface area contributed by atoms with Gasteiger partial charge in [-0.2, -0.15) is 0 Å². The first kappa shape index (κ1) is 18.2. The molecule has 5 heteroatoms. The Hall–Kier alpha value is -0.810. The van der Waals surface area contributed by atoms with Crippen molar-refractivity contribution in [2.75, 3.05) is 46.4 Å². The number of nitrogens with one attached hydrogen (secondary N) is 2. The van der Waals surface area contributed by atoms with Gasteiger partial charge in [0.2, 0.25) is 0 Å². The lowest BCUT2D eigenvalue weighted by molar-refractivity contribution is 0.143. The molecule has 124 valence electrons. The lowest BCUT2D eigenvalue weighted by atomic mass is 10.0. The summed E-state index contributed by atoms with van der Waals surface area (Å²) in [6.07, 6.45) is 6.28. The van der Waals surface area contributed by atoms with Crippen molar-refractivity contribution in [1.82, 2.24) is 15.5 Å². The maximum atomic E-state index is 5.33. The lowest BCUT2D eigenvalue weighted by Crippen LogP contribution is -2.45. The summed E-state index contributed by atoms with van der Waals surface area (Å²) in [5.74, 6) is 0.913. The van der Waals surface area contributed by atoms with Crippen LogP contribution in [0.2, 0.25) is 0 Å². The van der Waals surface area contributed by atoms with Crippen molar-refractivity contribution < 1.29 is 4.74 Å². The van der Waals surface area contributed by atoms with Crippen molar-refractivity contribution in [3.05, 3.63) is 0 Å². The van der Waals surface area contributed by atoms with E-state index in [1.807, 2.05) is 14.0 Å². The predicted octanol–water partition coefficient (Wildman–Crippen LogP) is 1.84. The third kappa shape index (κ3) is 8.27. The van der Waals surface area contributed by atoms with Crippen LogP contribution in [0.25, 0.3) is 0 Å². The molecule has 5 nitrogen and oxygen atoms in total. The first-order chi connectivity index (χ1) is 10.3. The Bertz CT molecular complexity index is 283. The average Bonchev–Trinajstić information content (AvgIpc) is 2.50. The normalized spacial score (nSPS) is 20.5. The van der Waals surface area contributed by atoms with E-state index in [2.05, 4.69) is 27.4 Å². The topological polar surface area (TPSA) is 48.9 Å². The summed E-state index contributed by atoms with van der Waals surface area (Å²) in [6, 6.07) is 0.731. The zero-order valence-corrected chi connectivity index (χ0v) is 14.2. The largest absolute Gasteiger partial charge is 0.382 e. The van der Waals surface area contributed by atoms with Crippen LogP contribution in [0.1, 0.15) is 46.0 Å². The molecule has 1 fully saturated rings. The van der Waals surface area contributed by atoms with Crippen LogP contribution in [0.15, 0.2) is 4.99 Å². The number of hydrogen-bond donors (Lipinski definition) is 2. The molecule has 0 spiro atoms. The monoisotopic (exact) mass is 298 g/mol. The fourth-order valence-electron chi connectivity index (χ4n) is 2.71. The van der Waals surface area contributed by atoms with Crippen LogP contribution in [-0.4, -0.2) is 63.3 Å². The molecule has 1 saturated heterocycles. The van der Waals surface area contributed by atoms with E-state index in [1.54, 1.807) is 0 Å². The molecule has 1 aliphatic rings. The first-order valence-corrected chi connectivity index (χ1v) is 8.54. The number of aliphatic imine (C=N–C) groups is 1. The smallest absolute Gasteiger partial charge is 0.191 e. The molecule has 1 aliphatic heterocycles. The predicted molar refractivity (Wildman–Crippen MR) is 90.0 cm³/mol. The summed E-state index contributed by atoms with van der Waals surface area (Å²) < 4.78 is 5.33. The Morgan fingerprint density at radius 2 is 2.05 bits per heavy atom. The Balaban J connectivity index is 2.05. The number of rotatable bonds is 9. The summed E-state index contributed by atoms with van der Waals surface area (Å²) in [5.41, 5.74) is 0. The zero-order chi connectivity index (χ0) is 15.3. The minimum absolute atomic E-state index is 0.731. The molecule has 0 radical (unpaired) electrons. The van der Waals surface area contributed by atoms with Gasteiger partial charge in [0.15, 0.2) is 5.96 Å². The molecule has 0 aromatic rings. The van der Waals surface area contributed by atoms with E-state index in [4.69, 9.17) is 4.74 Å². The van der Waals surface area contributed by atoms with Crippen molar-refractivity contribution in [2.45, 2.75) is 52.0 Å². The summed E-state index contributed by atoms with van der Waals surface area (Å²) in [7, 11) is 1.83. The third-order valence-corrected chi connectivity index (χ3v) is 4.07. The van der Waals surface area contributed by atoms with Crippen molar-refractivity contribution in [1.29, 1.82) is 0 Å². The van der Waals surface area contributed by atoms with E-state index >= 15 is 0 Å². The highest BCUT2D eigenvalue weighted by atomic mass is 16.5. The van der Waals surface area contributed by atoms with Gasteiger partial charge in [0, 0.05) is 45.9 Å². The van der Waals surface area contributed by atoms with Crippen molar-refractivity contribution in [2.24, 2.45) is 4.99 Å². The molecule has 1 unspecified atom stereocenters. The van der Waals surface area contributed by atoms with Gasteiger partial charge in [-0.25, -0.2) is 0 Å². The second-order valence-electron chi connectivity index (χ2n) is 5.71. The molecule has 21 heavy (non-hydrogen) atoms. The van der Waals surface area contributed by atoms with Gasteiger partial charge in [-0.1, -0.05) is 6.42 Å². The number of guanidine groups is 1. The van der Waals surface area contributed by atoms with Gasteiger partial charge < -0.3 is 15.4 Å². The van der Waals surface area contributed by atoms with Crippen LogP contribution < -0.4 is 10.6 Å². The quantitative estimate of drug-likeness (QED) is 0.387. The first-order valence-electron chi connectivity index (χ1n) is 8.54. The van der Waals surface area contributed by atoms with Gasteiger partial charge in [0.1, 0.15) is 0 Å². The van der Waals surface area contributed by atoms with Crippen molar-refractivity contribution in [3.8, 4) is 0 Å². The van der Waals surface area contributed by atoms with E-state index in [1.165, 1.54) is 25.8 Å². The van der Waals surface area contributed by atoms with Crippen LogP contribution in [-0.2, 0) is 4.74 Å². The number of ether oxygens (including phenoxy) is 1. The number of hydrogen-bond acceptors (Lipinski definition) is 3. The van der Waals surface area contributed by atoms with E-state index in [9.17, 15) is 0 Å². The second kappa shape index (κ2) is 11.8. The van der Waals surface area contributed by atoms with Crippen LogP contribution in [0, 0.1) is 0 Å². The van der Waals surface area contributed by atoms with Gasteiger partial charge >= 0.3 is 0 Å². The number of likely N-dealkylation sites (tertiary alicyclic amines) is 1. The van der Waals surface area contributed by atoms with Gasteiger partial charge in [-0.15, -0.1) is 0 Å². The Labute approximate surface area is 130 Å². The summed E-state index contributed by atoms with van der Waals surface area (Å²) in [5, 5.41) is 6.77. The molecule has 0 saturated carbocycles. The van der Waals surface area contributed by atoms with Crippen LogP contribution in [0.4, 0.5) is 0 Å². The van der Waals surface area contributed by atoms with E-state index in [0.717, 1.165) is 57.7 Å². The molecule has 0 bridgehead atoms. The Morgan fingerprint density at radius 3 is 2.76 bits per heavy atom. The van der Waals surface area contributed by atoms with E-state index in [0.29, 0.717) is 0 Å². The molecule has 0 aromatic carbocycles. The van der Waals surface area contributed by atoms with Gasteiger partial charge in [-0.05, 0) is 46.1 Å². The van der Waals surface area contributed by atoms with Crippen LogP contribution >= 0.6 is 0 Å². The fraction of sp³-hybridized carbons (Fsp3) is 0.938. The van der Waals surface area contributed by atoms with Crippen molar-refractivity contribution in [3.63, 3.8) is 0 Å². The minimum atomic E-state index is 0.731. The highest BCUT2D eigenvalue weighted by Crippen LogP contribution is 2.15. The second-order valence-corrected chi connectivity index (χ2v) is 5.71. The SMILES string of the molecule is CCOCCCCNC(=NC)NCCN1CCCCC1C. The maximum absolute atomic E-state index is 5.33. The zero-order valence-electron chi connectivity index (χ0n) is 14.2. The molecular formula is C16H34N4O. The van der Waals surface area contributed by atoms with Crippen LogP contribution in [0.3, 0.4) is 0 Å². The van der Waals surface area contributed by atoms with E-state index in [-0.39, 0.29) is 0 Å². The summed E-state index contributed by atoms with van der Waals surface area (Å²) in [6.45, 7) is 10.3. The van der Waals surface area contributed by atoms with Crippen LogP contribution in [0.5, 0.6) is 0 Å². The molecule has 0 aliphatic carbocycles. The molecule has 1 atom stereocenters. The number of piperidine rings is 1. The summed E-state index contributed by atoms with van der Waals surface area (Å²) in [4.78, 5) is 6.84. The highest BCUT2D eigenvalue weighted by Gasteiger charge is 2.17. The maximum Gasteiger partial charge on any atom is 0.191 e. The number of nitrogens with zero attached hydrogens (tertiary/aromatic N) is 2. The Morgan fingerprint density at radius 1 is 1.24 bits per heavy atom. The summed E-state index contributed by atoms with van der Waals surface area (Å²) >= 11 is 0. The van der Waals surface area contributed by atoms with Gasteiger partial charge in [0.25, 0.3) is 0 Å². The third-order valence-electron chi connectivity index (χ3n) is 4.07. The molecule has 1 heterocycles. The standard InChI is InChI=1S/C16H34N4O/c1-4-21-14-8-6-10-18-16(17-3)19-11-13-20-12-7-5-9-15(20)2/h15H,4-14H2,1-3H3,(H2,17,18,19). The number of unbranched alkanes of at least 4 members (excludes halogenated alkanes) is 1. The molecule has 0 amide bonds. The van der Waals surface area contributed by atoms with E-state index < -0.39 is 0 Å². The highest BCUT2D eigenvalue weighted by molar-refractivity contribution is 5.79.